The van der Waals surface area contributed by atoms with Gasteiger partial charge in [-0.05, 0) is 35.4 Å². The van der Waals surface area contributed by atoms with Gasteiger partial charge in [0.2, 0.25) is 0 Å². The molecule has 0 saturated heterocycles. The number of anilines is 2. The highest BCUT2D eigenvalue weighted by molar-refractivity contribution is 6.33. The van der Waals surface area contributed by atoms with E-state index in [0.29, 0.717) is 27.6 Å². The van der Waals surface area contributed by atoms with Gasteiger partial charge in [0.25, 0.3) is 0 Å². The first-order valence-electron chi connectivity index (χ1n) is 6.00. The van der Waals surface area contributed by atoms with Gasteiger partial charge in [0.15, 0.2) is 0 Å². The van der Waals surface area contributed by atoms with Crippen molar-refractivity contribution in [3.8, 4) is 0 Å². The first kappa shape index (κ1) is 12.6. The quantitative estimate of drug-likeness (QED) is 0.779. The van der Waals surface area contributed by atoms with E-state index in [1.807, 2.05) is 12.1 Å². The van der Waals surface area contributed by atoms with E-state index in [0.717, 1.165) is 11.3 Å². The molecule has 3 N–H and O–H groups in total. The van der Waals surface area contributed by atoms with Crippen molar-refractivity contribution in [1.29, 1.82) is 0 Å². The number of nitrogens with two attached hydrogens (primary N) is 1. The molecule has 1 aromatic rings. The predicted octanol–water partition coefficient (Wildman–Crippen LogP) is 4.08. The van der Waals surface area contributed by atoms with E-state index in [1.54, 1.807) is 0 Å². The molecule has 1 aliphatic rings. The Morgan fingerprint density at radius 3 is 2.18 bits per heavy atom. The third-order valence-electron chi connectivity index (χ3n) is 4.66. The molecule has 0 bridgehead atoms. The SMILES string of the molecule is Cc1cc(N)c(Cl)cc1NC1C(C)(C)C1(C)C. The molecule has 0 spiro atoms. The molecule has 0 aromatic heterocycles. The average molecular weight is 253 g/mol. The summed E-state index contributed by atoms with van der Waals surface area (Å²) >= 11 is 6.07. The van der Waals surface area contributed by atoms with Crippen LogP contribution >= 0.6 is 11.6 Å². The van der Waals surface area contributed by atoms with Gasteiger partial charge in [-0.1, -0.05) is 39.3 Å². The van der Waals surface area contributed by atoms with E-state index in [2.05, 4.69) is 39.9 Å². The monoisotopic (exact) mass is 252 g/mol. The van der Waals surface area contributed by atoms with E-state index in [-0.39, 0.29) is 0 Å². The predicted molar refractivity (Wildman–Crippen MR) is 75.6 cm³/mol. The van der Waals surface area contributed by atoms with E-state index in [9.17, 15) is 0 Å². The summed E-state index contributed by atoms with van der Waals surface area (Å²) in [6.07, 6.45) is 0. The lowest BCUT2D eigenvalue weighted by Crippen LogP contribution is -2.11. The van der Waals surface area contributed by atoms with Gasteiger partial charge >= 0.3 is 0 Å². The largest absolute Gasteiger partial charge is 0.398 e. The number of nitrogens with one attached hydrogen (secondary N) is 1. The standard InChI is InChI=1S/C14H21ClN2/c1-8-6-10(16)9(15)7-11(8)17-12-13(2,3)14(12,4)5/h6-7,12,17H,16H2,1-5H3. The van der Waals surface area contributed by atoms with Crippen molar-refractivity contribution >= 4 is 23.0 Å². The Kier molecular flexibility index (Phi) is 2.62. The number of hydrogen-bond acceptors (Lipinski definition) is 2. The molecular formula is C14H21ClN2. The molecule has 0 aliphatic heterocycles. The van der Waals surface area contributed by atoms with Crippen LogP contribution in [0.1, 0.15) is 33.3 Å². The first-order valence-corrected chi connectivity index (χ1v) is 6.38. The molecule has 0 heterocycles. The van der Waals surface area contributed by atoms with Crippen molar-refractivity contribution in [2.45, 2.75) is 40.7 Å². The Morgan fingerprint density at radius 1 is 1.18 bits per heavy atom. The number of halogens is 1. The van der Waals surface area contributed by atoms with Crippen molar-refractivity contribution in [1.82, 2.24) is 0 Å². The minimum absolute atomic E-state index is 0.313. The summed E-state index contributed by atoms with van der Waals surface area (Å²) in [5, 5.41) is 4.21. The molecular weight excluding hydrogens is 232 g/mol. The zero-order valence-electron chi connectivity index (χ0n) is 11.2. The number of rotatable bonds is 2. The van der Waals surface area contributed by atoms with Gasteiger partial charge in [0.1, 0.15) is 0 Å². The van der Waals surface area contributed by atoms with Crippen LogP contribution in [0.25, 0.3) is 0 Å². The fourth-order valence-electron chi connectivity index (χ4n) is 2.57. The third kappa shape index (κ3) is 1.79. The molecule has 3 heteroatoms. The highest BCUT2D eigenvalue weighted by Crippen LogP contribution is 2.63. The summed E-state index contributed by atoms with van der Waals surface area (Å²) < 4.78 is 0. The zero-order valence-corrected chi connectivity index (χ0v) is 11.9. The minimum Gasteiger partial charge on any atom is -0.398 e. The van der Waals surface area contributed by atoms with Crippen LogP contribution in [0.4, 0.5) is 11.4 Å². The summed E-state index contributed by atoms with van der Waals surface area (Å²) in [6, 6.07) is 4.33. The highest BCUT2D eigenvalue weighted by Gasteiger charge is 2.64. The Balaban J connectivity index is 2.25. The van der Waals surface area contributed by atoms with Crippen LogP contribution in [0.15, 0.2) is 12.1 Å². The van der Waals surface area contributed by atoms with Crippen LogP contribution in [0.3, 0.4) is 0 Å². The van der Waals surface area contributed by atoms with Crippen LogP contribution < -0.4 is 11.1 Å². The average Bonchev–Trinajstić information content (AvgIpc) is 2.57. The minimum atomic E-state index is 0.313. The van der Waals surface area contributed by atoms with Crippen molar-refractivity contribution in [3.05, 3.63) is 22.7 Å². The summed E-state index contributed by atoms with van der Waals surface area (Å²) in [5.74, 6) is 0. The van der Waals surface area contributed by atoms with Gasteiger partial charge in [-0.3, -0.25) is 0 Å². The third-order valence-corrected chi connectivity index (χ3v) is 4.99. The van der Waals surface area contributed by atoms with E-state index in [4.69, 9.17) is 17.3 Å². The molecule has 1 saturated carbocycles. The van der Waals surface area contributed by atoms with Gasteiger partial charge in [0.05, 0.1) is 10.7 Å². The maximum Gasteiger partial charge on any atom is 0.0656 e. The van der Waals surface area contributed by atoms with Gasteiger partial charge < -0.3 is 11.1 Å². The maximum absolute atomic E-state index is 6.07. The first-order chi connectivity index (χ1) is 7.68. The van der Waals surface area contributed by atoms with E-state index < -0.39 is 0 Å². The van der Waals surface area contributed by atoms with Gasteiger partial charge in [-0.15, -0.1) is 0 Å². The van der Waals surface area contributed by atoms with Crippen LogP contribution in [0.2, 0.25) is 5.02 Å². The van der Waals surface area contributed by atoms with Crippen LogP contribution in [0.5, 0.6) is 0 Å². The molecule has 0 atom stereocenters. The fourth-order valence-corrected chi connectivity index (χ4v) is 2.74. The van der Waals surface area contributed by atoms with Crippen LogP contribution in [0, 0.1) is 17.8 Å². The van der Waals surface area contributed by atoms with Gasteiger partial charge in [-0.25, -0.2) is 0 Å². The number of benzene rings is 1. The molecule has 1 aromatic carbocycles. The van der Waals surface area contributed by atoms with Crippen molar-refractivity contribution in [2.24, 2.45) is 10.8 Å². The second-order valence-corrected chi connectivity index (χ2v) is 6.62. The molecule has 2 nitrogen and oxygen atoms in total. The fraction of sp³-hybridized carbons (Fsp3) is 0.571. The summed E-state index contributed by atoms with van der Waals surface area (Å²) in [7, 11) is 0. The number of hydrogen-bond donors (Lipinski definition) is 2. The van der Waals surface area contributed by atoms with Crippen molar-refractivity contribution < 1.29 is 0 Å². The molecule has 0 radical (unpaired) electrons. The Bertz CT molecular complexity index is 450. The second-order valence-electron chi connectivity index (χ2n) is 6.21. The van der Waals surface area contributed by atoms with Crippen molar-refractivity contribution in [3.63, 3.8) is 0 Å². The Labute approximate surface area is 109 Å². The normalized spacial score (nSPS) is 21.3. The maximum atomic E-state index is 6.07. The summed E-state index contributed by atoms with van der Waals surface area (Å²) in [5.41, 5.74) is 9.29. The lowest BCUT2D eigenvalue weighted by Gasteiger charge is -2.13. The summed E-state index contributed by atoms with van der Waals surface area (Å²) in [6.45, 7) is 11.2. The molecule has 2 rings (SSSR count). The molecule has 0 unspecified atom stereocenters. The van der Waals surface area contributed by atoms with Gasteiger partial charge in [-0.2, -0.15) is 0 Å². The molecule has 0 amide bonds. The lowest BCUT2D eigenvalue weighted by atomic mass is 10.0. The molecule has 17 heavy (non-hydrogen) atoms. The van der Waals surface area contributed by atoms with Crippen LogP contribution in [-0.2, 0) is 0 Å². The Morgan fingerprint density at radius 2 is 1.71 bits per heavy atom. The lowest BCUT2D eigenvalue weighted by molar-refractivity contribution is 0.457. The molecule has 1 aliphatic carbocycles. The van der Waals surface area contributed by atoms with Crippen LogP contribution in [-0.4, -0.2) is 6.04 Å². The van der Waals surface area contributed by atoms with Crippen molar-refractivity contribution in [2.75, 3.05) is 11.1 Å². The zero-order chi connectivity index (χ0) is 13.0. The van der Waals surface area contributed by atoms with E-state index in [1.165, 1.54) is 0 Å². The smallest absolute Gasteiger partial charge is 0.0656 e. The number of aryl methyl sites for hydroxylation is 1. The van der Waals surface area contributed by atoms with Gasteiger partial charge in [0, 0.05) is 11.7 Å². The Hall–Kier alpha value is -0.890. The number of nitrogen functional groups attached to an aromatic ring is 1. The summed E-state index contributed by atoms with van der Waals surface area (Å²) in [4.78, 5) is 0. The van der Waals surface area contributed by atoms with E-state index >= 15 is 0 Å². The topological polar surface area (TPSA) is 38.0 Å². The molecule has 1 fully saturated rings. The highest BCUT2D eigenvalue weighted by atomic mass is 35.5. The second kappa shape index (κ2) is 3.55. The molecule has 94 valence electrons.